The topological polar surface area (TPSA) is 3.24 Å². The minimum atomic E-state index is 1.14. The Hall–Kier alpha value is -5.18. The number of benzene rings is 8. The van der Waals surface area contributed by atoms with Crippen LogP contribution in [0.2, 0.25) is 0 Å². The van der Waals surface area contributed by atoms with E-state index in [1.807, 2.05) is 11.3 Å². The molecular weight excluding hydrogens is 527 g/mol. The highest BCUT2D eigenvalue weighted by Gasteiger charge is 2.20. The lowest BCUT2D eigenvalue weighted by atomic mass is 9.94. The Kier molecular flexibility index (Phi) is 5.13. The summed E-state index contributed by atoms with van der Waals surface area (Å²) < 4.78 is 2.68. The van der Waals surface area contributed by atoms with E-state index < -0.39 is 0 Å². The third-order valence-electron chi connectivity index (χ3n) is 8.62. The lowest BCUT2D eigenvalue weighted by Crippen LogP contribution is -2.11. The summed E-state index contributed by atoms with van der Waals surface area (Å²) in [4.78, 5) is 2.46. The second kappa shape index (κ2) is 9.17. The molecule has 0 N–H and O–H groups in total. The van der Waals surface area contributed by atoms with Gasteiger partial charge in [0.15, 0.2) is 0 Å². The average molecular weight is 552 g/mol. The van der Waals surface area contributed by atoms with Crippen molar-refractivity contribution in [3.8, 4) is 0 Å². The summed E-state index contributed by atoms with van der Waals surface area (Å²) in [5.41, 5.74) is 3.51. The lowest BCUT2D eigenvalue weighted by Gasteiger charge is -2.29. The number of rotatable bonds is 3. The number of hydrogen-bond donors (Lipinski definition) is 0. The van der Waals surface area contributed by atoms with Crippen LogP contribution in [0.15, 0.2) is 152 Å². The maximum absolute atomic E-state index is 2.46. The molecule has 0 saturated carbocycles. The van der Waals surface area contributed by atoms with Crippen LogP contribution < -0.4 is 4.90 Å². The van der Waals surface area contributed by atoms with E-state index in [-0.39, 0.29) is 0 Å². The Labute approximate surface area is 247 Å². The Bertz CT molecular complexity index is 2470. The fourth-order valence-electron chi connectivity index (χ4n) is 6.73. The van der Waals surface area contributed by atoms with Crippen LogP contribution >= 0.6 is 11.3 Å². The van der Waals surface area contributed by atoms with Crippen molar-refractivity contribution in [1.29, 1.82) is 0 Å². The van der Waals surface area contributed by atoms with Gasteiger partial charge in [-0.15, -0.1) is 11.3 Å². The van der Waals surface area contributed by atoms with Crippen LogP contribution in [0.4, 0.5) is 17.1 Å². The summed E-state index contributed by atoms with van der Waals surface area (Å²) in [6, 6.07) is 55.5. The summed E-state index contributed by atoms with van der Waals surface area (Å²) in [6.45, 7) is 0. The number of fused-ring (bicyclic) bond motifs is 10. The zero-order chi connectivity index (χ0) is 27.6. The molecule has 1 heterocycles. The molecule has 196 valence electrons. The lowest BCUT2D eigenvalue weighted by molar-refractivity contribution is 1.32. The van der Waals surface area contributed by atoms with E-state index in [0.717, 1.165) is 5.69 Å². The van der Waals surface area contributed by atoms with E-state index in [1.165, 1.54) is 74.6 Å². The molecule has 0 fully saturated rings. The third-order valence-corrected chi connectivity index (χ3v) is 9.84. The monoisotopic (exact) mass is 551 g/mol. The molecule has 9 aromatic rings. The van der Waals surface area contributed by atoms with Crippen molar-refractivity contribution in [2.45, 2.75) is 0 Å². The standard InChI is InChI=1S/C40H25NS/c1-2-12-27(13-3-1)41(37-19-10-18-34-32(37)23-24-35-33-17-8-9-20-39(33)42-40(34)35)38-25-36-28-14-5-4-11-26(28)21-22-30(36)29-15-6-7-16-31(29)38/h1-25H. The van der Waals surface area contributed by atoms with Gasteiger partial charge in [0, 0.05) is 42.0 Å². The minimum Gasteiger partial charge on any atom is -0.309 e. The van der Waals surface area contributed by atoms with Crippen molar-refractivity contribution >= 4 is 91.7 Å². The molecule has 42 heavy (non-hydrogen) atoms. The molecule has 0 unspecified atom stereocenters. The molecule has 8 aromatic carbocycles. The molecule has 0 aliphatic carbocycles. The van der Waals surface area contributed by atoms with E-state index in [2.05, 4.69) is 157 Å². The normalized spacial score (nSPS) is 11.8. The van der Waals surface area contributed by atoms with Crippen molar-refractivity contribution in [2.75, 3.05) is 4.90 Å². The number of para-hydroxylation sites is 1. The first kappa shape index (κ1) is 23.5. The second-order valence-electron chi connectivity index (χ2n) is 10.9. The first-order chi connectivity index (χ1) is 20.8. The maximum Gasteiger partial charge on any atom is 0.0546 e. The van der Waals surface area contributed by atoms with Crippen molar-refractivity contribution in [1.82, 2.24) is 0 Å². The van der Waals surface area contributed by atoms with Gasteiger partial charge < -0.3 is 4.90 Å². The molecule has 1 nitrogen and oxygen atoms in total. The molecule has 2 heteroatoms. The quantitative estimate of drug-likeness (QED) is 0.197. The molecule has 0 aliphatic rings. The van der Waals surface area contributed by atoms with Crippen LogP contribution in [0.3, 0.4) is 0 Å². The summed E-state index contributed by atoms with van der Waals surface area (Å²) >= 11 is 1.89. The fourth-order valence-corrected chi connectivity index (χ4v) is 7.96. The van der Waals surface area contributed by atoms with Crippen LogP contribution in [0, 0.1) is 0 Å². The zero-order valence-electron chi connectivity index (χ0n) is 22.8. The molecule has 0 amide bonds. The van der Waals surface area contributed by atoms with Crippen molar-refractivity contribution < 1.29 is 0 Å². The zero-order valence-corrected chi connectivity index (χ0v) is 23.6. The van der Waals surface area contributed by atoms with Crippen molar-refractivity contribution in [3.63, 3.8) is 0 Å². The first-order valence-corrected chi connectivity index (χ1v) is 15.2. The molecule has 1 aromatic heterocycles. The summed E-state index contributed by atoms with van der Waals surface area (Å²) in [5, 5.41) is 12.8. The van der Waals surface area contributed by atoms with E-state index >= 15 is 0 Å². The molecule has 0 radical (unpaired) electrons. The van der Waals surface area contributed by atoms with Crippen LogP contribution in [0.5, 0.6) is 0 Å². The molecule has 9 rings (SSSR count). The molecule has 0 atom stereocenters. The summed E-state index contributed by atoms with van der Waals surface area (Å²) in [7, 11) is 0. The first-order valence-electron chi connectivity index (χ1n) is 14.4. The smallest absolute Gasteiger partial charge is 0.0546 e. The average Bonchev–Trinajstić information content (AvgIpc) is 3.45. The van der Waals surface area contributed by atoms with Gasteiger partial charge in [-0.25, -0.2) is 0 Å². The Morgan fingerprint density at radius 2 is 0.952 bits per heavy atom. The second-order valence-corrected chi connectivity index (χ2v) is 12.0. The van der Waals surface area contributed by atoms with Crippen molar-refractivity contribution in [3.05, 3.63) is 152 Å². The Morgan fingerprint density at radius 1 is 0.357 bits per heavy atom. The molecule has 0 spiro atoms. The Morgan fingerprint density at radius 3 is 1.83 bits per heavy atom. The number of anilines is 3. The van der Waals surface area contributed by atoms with Crippen LogP contribution in [0.25, 0.3) is 63.3 Å². The van der Waals surface area contributed by atoms with E-state index in [0.29, 0.717) is 0 Å². The summed E-state index contributed by atoms with van der Waals surface area (Å²) in [5.74, 6) is 0. The molecule has 0 aliphatic heterocycles. The van der Waals surface area contributed by atoms with Gasteiger partial charge in [-0.05, 0) is 57.3 Å². The maximum atomic E-state index is 2.46. The van der Waals surface area contributed by atoms with Gasteiger partial charge >= 0.3 is 0 Å². The van der Waals surface area contributed by atoms with Crippen LogP contribution in [-0.2, 0) is 0 Å². The molecule has 0 bridgehead atoms. The predicted octanol–water partition coefficient (Wildman–Crippen LogP) is 12.1. The third kappa shape index (κ3) is 3.43. The molecular formula is C40H25NS. The van der Waals surface area contributed by atoms with Gasteiger partial charge in [0.1, 0.15) is 0 Å². The highest BCUT2D eigenvalue weighted by molar-refractivity contribution is 7.26. The van der Waals surface area contributed by atoms with Crippen LogP contribution in [0.1, 0.15) is 0 Å². The van der Waals surface area contributed by atoms with Gasteiger partial charge in [0.25, 0.3) is 0 Å². The predicted molar refractivity (Wildman–Crippen MR) is 184 cm³/mol. The van der Waals surface area contributed by atoms with Crippen LogP contribution in [-0.4, -0.2) is 0 Å². The Balaban J connectivity index is 1.41. The van der Waals surface area contributed by atoms with Gasteiger partial charge in [-0.3, -0.25) is 0 Å². The van der Waals surface area contributed by atoms with Crippen molar-refractivity contribution in [2.24, 2.45) is 0 Å². The minimum absolute atomic E-state index is 1.14. The number of nitrogens with zero attached hydrogens (tertiary/aromatic N) is 1. The molecule has 0 saturated heterocycles. The van der Waals surface area contributed by atoms with Gasteiger partial charge in [0.05, 0.1) is 11.4 Å². The fraction of sp³-hybridized carbons (Fsp3) is 0. The highest BCUT2D eigenvalue weighted by atomic mass is 32.1. The number of hydrogen-bond acceptors (Lipinski definition) is 2. The van der Waals surface area contributed by atoms with E-state index in [1.54, 1.807) is 0 Å². The van der Waals surface area contributed by atoms with Gasteiger partial charge in [-0.2, -0.15) is 0 Å². The largest absolute Gasteiger partial charge is 0.309 e. The highest BCUT2D eigenvalue weighted by Crippen LogP contribution is 2.47. The van der Waals surface area contributed by atoms with Gasteiger partial charge in [-0.1, -0.05) is 121 Å². The number of thiophene rings is 1. The van der Waals surface area contributed by atoms with Gasteiger partial charge in [0.2, 0.25) is 0 Å². The van der Waals surface area contributed by atoms with E-state index in [9.17, 15) is 0 Å². The SMILES string of the molecule is c1ccc(N(c2cc3c4ccccc4ccc3c3ccccc23)c2cccc3c2ccc2c4ccccc4sc32)cc1. The van der Waals surface area contributed by atoms with E-state index in [4.69, 9.17) is 0 Å². The summed E-state index contributed by atoms with van der Waals surface area (Å²) in [6.07, 6.45) is 0.